The molecule has 0 amide bonds. The topological polar surface area (TPSA) is 14.8 Å². The Morgan fingerprint density at radius 3 is 1.71 bits per heavy atom. The van der Waals surface area contributed by atoms with Gasteiger partial charge in [-0.3, -0.25) is 0 Å². The Morgan fingerprint density at radius 2 is 1.16 bits per heavy atom. The third-order valence-corrected chi connectivity index (χ3v) is 9.41. The summed E-state index contributed by atoms with van der Waals surface area (Å²) in [4.78, 5) is 0. The van der Waals surface area contributed by atoms with Crippen LogP contribution in [0, 0.1) is 6.92 Å². The second-order valence-corrected chi connectivity index (χ2v) is 12.3. The lowest BCUT2D eigenvalue weighted by atomic mass is 10.1. The number of hydrogen-bond donors (Lipinski definition) is 0. The number of aryl methyl sites for hydroxylation is 1. The Balaban J connectivity index is 1.59. The second-order valence-electron chi connectivity index (χ2n) is 12.3. The highest BCUT2D eigenvalue weighted by molar-refractivity contribution is 6.12. The second kappa shape index (κ2) is 12.9. The van der Waals surface area contributed by atoms with E-state index < -0.39 is 0 Å². The fraction of sp³-hybridized carbons (Fsp3) is 0.0870. The molecule has 4 aromatic carbocycles. The van der Waals surface area contributed by atoms with Crippen molar-refractivity contribution in [2.45, 2.75) is 27.7 Å². The summed E-state index contributed by atoms with van der Waals surface area (Å²) < 4.78 is 7.03. The first kappa shape index (κ1) is 31.5. The molecule has 0 aliphatic carbocycles. The molecule has 7 aromatic rings. The van der Waals surface area contributed by atoms with Crippen molar-refractivity contribution in [2.75, 3.05) is 0 Å². The Kier molecular flexibility index (Phi) is 8.27. The number of nitrogens with zero attached hydrogens (tertiary/aromatic N) is 3. The van der Waals surface area contributed by atoms with Gasteiger partial charge in [-0.25, -0.2) is 0 Å². The maximum Gasteiger partial charge on any atom is 0.0543 e. The summed E-state index contributed by atoms with van der Waals surface area (Å²) in [6.07, 6.45) is 20.6. The average Bonchev–Trinajstić information content (AvgIpc) is 3.73. The average molecular weight is 636 g/mol. The molecule has 0 fully saturated rings. The van der Waals surface area contributed by atoms with Gasteiger partial charge in [-0.05, 0) is 100 Å². The molecule has 3 heterocycles. The van der Waals surface area contributed by atoms with Crippen molar-refractivity contribution < 1.29 is 0 Å². The van der Waals surface area contributed by atoms with Crippen LogP contribution in [0.25, 0.3) is 85.0 Å². The minimum atomic E-state index is 1.08. The van der Waals surface area contributed by atoms with Crippen molar-refractivity contribution in [3.8, 4) is 11.4 Å². The van der Waals surface area contributed by atoms with Crippen molar-refractivity contribution >= 4 is 73.6 Å². The molecule has 0 aliphatic rings. The monoisotopic (exact) mass is 635 g/mol. The maximum absolute atomic E-state index is 4.26. The lowest BCUT2D eigenvalue weighted by Gasteiger charge is -2.12. The fourth-order valence-electron chi connectivity index (χ4n) is 7.39. The molecule has 49 heavy (non-hydrogen) atoms. The first-order valence-corrected chi connectivity index (χ1v) is 16.8. The molecule has 240 valence electrons. The zero-order valence-corrected chi connectivity index (χ0v) is 28.7. The van der Waals surface area contributed by atoms with Gasteiger partial charge in [0, 0.05) is 49.7 Å². The molecule has 0 atom stereocenters. The molecule has 7 rings (SSSR count). The lowest BCUT2D eigenvalue weighted by molar-refractivity contribution is 1.11. The highest BCUT2D eigenvalue weighted by atomic mass is 15.0. The molecular weight excluding hydrogens is 595 g/mol. The molecule has 0 saturated heterocycles. The number of allylic oxidation sites excluding steroid dienone is 7. The molecule has 0 unspecified atom stereocenters. The minimum Gasteiger partial charge on any atom is -0.310 e. The van der Waals surface area contributed by atoms with Crippen LogP contribution in [0.5, 0.6) is 0 Å². The van der Waals surface area contributed by atoms with Crippen molar-refractivity contribution in [3.05, 3.63) is 163 Å². The van der Waals surface area contributed by atoms with E-state index in [9.17, 15) is 0 Å². The summed E-state index contributed by atoms with van der Waals surface area (Å²) in [7, 11) is 0. The highest BCUT2D eigenvalue weighted by Gasteiger charge is 2.20. The smallest absolute Gasteiger partial charge is 0.0543 e. The van der Waals surface area contributed by atoms with Gasteiger partial charge in [-0.2, -0.15) is 0 Å². The van der Waals surface area contributed by atoms with Crippen LogP contribution in [-0.4, -0.2) is 13.7 Å². The van der Waals surface area contributed by atoms with Crippen molar-refractivity contribution in [1.82, 2.24) is 13.7 Å². The zero-order valence-electron chi connectivity index (χ0n) is 28.7. The van der Waals surface area contributed by atoms with Gasteiger partial charge < -0.3 is 13.7 Å². The number of benzene rings is 4. The van der Waals surface area contributed by atoms with Gasteiger partial charge in [0.2, 0.25) is 0 Å². The quantitative estimate of drug-likeness (QED) is 0.140. The first-order valence-electron chi connectivity index (χ1n) is 16.8. The minimum absolute atomic E-state index is 1.08. The van der Waals surface area contributed by atoms with Gasteiger partial charge in [-0.1, -0.05) is 92.6 Å². The fourth-order valence-corrected chi connectivity index (χ4v) is 7.39. The molecule has 0 spiro atoms. The normalized spacial score (nSPS) is 12.6. The zero-order chi connectivity index (χ0) is 34.2. The predicted molar refractivity (Wildman–Crippen MR) is 217 cm³/mol. The number of rotatable bonds is 9. The SMILES string of the molecule is C=C/C=C\C(=C/C)n1c2ccc(-n3c(C=C)c(/C=C\C)c4ccccc43)cc2c2cc(-n3c(C=C)c(/C=C\C)c4ccc(C)cc43)ccc21. The van der Waals surface area contributed by atoms with Gasteiger partial charge in [0.25, 0.3) is 0 Å². The van der Waals surface area contributed by atoms with Gasteiger partial charge in [0.15, 0.2) is 0 Å². The van der Waals surface area contributed by atoms with Crippen LogP contribution >= 0.6 is 0 Å². The van der Waals surface area contributed by atoms with E-state index in [4.69, 9.17) is 0 Å². The van der Waals surface area contributed by atoms with Gasteiger partial charge in [0.05, 0.1) is 33.5 Å². The number of fused-ring (bicyclic) bond motifs is 5. The van der Waals surface area contributed by atoms with Crippen LogP contribution < -0.4 is 0 Å². The Labute approximate surface area is 288 Å². The van der Waals surface area contributed by atoms with Gasteiger partial charge in [-0.15, -0.1) is 0 Å². The van der Waals surface area contributed by atoms with E-state index in [1.807, 2.05) is 24.3 Å². The Morgan fingerprint density at radius 1 is 0.592 bits per heavy atom. The Bertz CT molecular complexity index is 2580. The van der Waals surface area contributed by atoms with E-state index in [1.54, 1.807) is 0 Å². The Hall–Kier alpha value is -6.06. The summed E-state index contributed by atoms with van der Waals surface area (Å²) in [6.45, 7) is 20.8. The molecule has 0 N–H and O–H groups in total. The standard InChI is InChI=1S/C46H41N3/c1-8-14-19-32(11-4)47-44-26-23-33(48-41(12-5)35(17-9-2)37-20-15-16-21-43(37)48)29-39(44)40-30-34(24-27-45(40)47)49-42(13-6)36(18-10-3)38-25-22-31(7)28-46(38)49/h8-30H,1,5-6H2,2-4,7H3/b17-9-,18-10-,19-14-,32-11+. The molecule has 0 saturated carbocycles. The van der Waals surface area contributed by atoms with Crippen LogP contribution in [0.15, 0.2) is 135 Å². The largest absolute Gasteiger partial charge is 0.310 e. The first-order chi connectivity index (χ1) is 24.0. The van der Waals surface area contributed by atoms with Crippen LogP contribution in [0.3, 0.4) is 0 Å². The lowest BCUT2D eigenvalue weighted by Crippen LogP contribution is -1.98. The van der Waals surface area contributed by atoms with E-state index in [0.717, 1.165) is 45.0 Å². The summed E-state index contributed by atoms with van der Waals surface area (Å²) >= 11 is 0. The van der Waals surface area contributed by atoms with Crippen LogP contribution in [0.1, 0.15) is 48.8 Å². The van der Waals surface area contributed by atoms with Crippen molar-refractivity contribution in [2.24, 2.45) is 0 Å². The van der Waals surface area contributed by atoms with Gasteiger partial charge in [0.1, 0.15) is 0 Å². The number of para-hydroxylation sites is 1. The van der Waals surface area contributed by atoms with E-state index in [0.29, 0.717) is 0 Å². The molecule has 3 aromatic heterocycles. The van der Waals surface area contributed by atoms with E-state index in [-0.39, 0.29) is 0 Å². The van der Waals surface area contributed by atoms with Crippen molar-refractivity contribution in [3.63, 3.8) is 0 Å². The number of hydrogen-bond acceptors (Lipinski definition) is 0. The molecule has 0 radical (unpaired) electrons. The summed E-state index contributed by atoms with van der Waals surface area (Å²) in [5, 5.41) is 4.75. The van der Waals surface area contributed by atoms with Crippen molar-refractivity contribution in [1.29, 1.82) is 0 Å². The molecule has 3 heteroatoms. The molecule has 3 nitrogen and oxygen atoms in total. The van der Waals surface area contributed by atoms with Crippen LogP contribution in [-0.2, 0) is 0 Å². The van der Waals surface area contributed by atoms with Crippen LogP contribution in [0.2, 0.25) is 0 Å². The predicted octanol–water partition coefficient (Wildman–Crippen LogP) is 12.9. The third-order valence-electron chi connectivity index (χ3n) is 9.41. The maximum atomic E-state index is 4.26. The third kappa shape index (κ3) is 4.98. The molecule has 0 bridgehead atoms. The summed E-state index contributed by atoms with van der Waals surface area (Å²) in [6, 6.07) is 28.9. The molecular formula is C46H41N3. The van der Waals surface area contributed by atoms with E-state index >= 15 is 0 Å². The molecule has 0 aliphatic heterocycles. The van der Waals surface area contributed by atoms with E-state index in [2.05, 4.69) is 176 Å². The van der Waals surface area contributed by atoms with E-state index in [1.165, 1.54) is 43.8 Å². The highest BCUT2D eigenvalue weighted by Crippen LogP contribution is 2.39. The summed E-state index contributed by atoms with van der Waals surface area (Å²) in [5.41, 5.74) is 13.6. The summed E-state index contributed by atoms with van der Waals surface area (Å²) in [5.74, 6) is 0. The number of aromatic nitrogens is 3. The van der Waals surface area contributed by atoms with Crippen LogP contribution in [0.4, 0.5) is 0 Å². The van der Waals surface area contributed by atoms with Gasteiger partial charge >= 0.3 is 0 Å².